The molecule has 2 aromatic carbocycles. The molecule has 0 spiro atoms. The molecule has 3 aromatic rings. The van der Waals surface area contributed by atoms with Crippen molar-refractivity contribution in [3.05, 3.63) is 47.5 Å². The van der Waals surface area contributed by atoms with E-state index in [0.717, 1.165) is 23.0 Å². The maximum atomic E-state index is 14.2. The van der Waals surface area contributed by atoms with Crippen molar-refractivity contribution in [1.82, 2.24) is 10.2 Å². The highest BCUT2D eigenvalue weighted by atomic mass is 19.1. The number of aromatic nitrogens is 2. The summed E-state index contributed by atoms with van der Waals surface area (Å²) < 4.78 is 28.2. The van der Waals surface area contributed by atoms with Gasteiger partial charge in [-0.25, -0.2) is 8.78 Å². The van der Waals surface area contributed by atoms with Crippen LogP contribution in [-0.4, -0.2) is 17.2 Å². The molecule has 1 aromatic heterocycles. The SMILES string of the molecule is CNc1n[nH]c2ccc(-c3c(F)ccc(C#N)c3F)cc12. The molecular weight excluding hydrogens is 274 g/mol. The first-order chi connectivity index (χ1) is 10.2. The van der Waals surface area contributed by atoms with Gasteiger partial charge in [-0.3, -0.25) is 5.10 Å². The molecule has 0 aliphatic heterocycles. The fraction of sp³-hybridized carbons (Fsp3) is 0.0667. The third-order valence-electron chi connectivity index (χ3n) is 3.30. The Bertz CT molecular complexity index is 877. The maximum Gasteiger partial charge on any atom is 0.155 e. The summed E-state index contributed by atoms with van der Waals surface area (Å²) in [5.41, 5.74) is 0.708. The van der Waals surface area contributed by atoms with E-state index in [0.29, 0.717) is 11.4 Å². The molecule has 0 saturated carbocycles. The monoisotopic (exact) mass is 284 g/mol. The standard InChI is InChI=1S/C15H10F2N4/c1-19-15-10-6-8(3-5-12(10)20-21-15)13-11(16)4-2-9(7-18)14(13)17/h2-6H,1H3,(H2,19,20,21). The number of rotatable bonds is 2. The van der Waals surface area contributed by atoms with Crippen molar-refractivity contribution in [2.24, 2.45) is 0 Å². The van der Waals surface area contributed by atoms with Crippen LogP contribution in [0.25, 0.3) is 22.0 Å². The van der Waals surface area contributed by atoms with Crippen LogP contribution < -0.4 is 5.32 Å². The quantitative estimate of drug-likeness (QED) is 0.757. The fourth-order valence-electron chi connectivity index (χ4n) is 2.26. The van der Waals surface area contributed by atoms with Gasteiger partial charge in [0.1, 0.15) is 11.9 Å². The molecule has 0 unspecified atom stereocenters. The molecule has 104 valence electrons. The molecule has 0 radical (unpaired) electrons. The number of hydrogen-bond acceptors (Lipinski definition) is 3. The number of H-pyrrole nitrogens is 1. The summed E-state index contributed by atoms with van der Waals surface area (Å²) in [7, 11) is 1.71. The van der Waals surface area contributed by atoms with E-state index >= 15 is 0 Å². The van der Waals surface area contributed by atoms with Crippen molar-refractivity contribution in [2.45, 2.75) is 0 Å². The van der Waals surface area contributed by atoms with Crippen molar-refractivity contribution in [2.75, 3.05) is 12.4 Å². The average molecular weight is 284 g/mol. The Morgan fingerprint density at radius 2 is 2.05 bits per heavy atom. The lowest BCUT2D eigenvalue weighted by atomic mass is 10.0. The fourth-order valence-corrected chi connectivity index (χ4v) is 2.26. The zero-order chi connectivity index (χ0) is 15.0. The van der Waals surface area contributed by atoms with Gasteiger partial charge in [0.05, 0.1) is 16.6 Å². The summed E-state index contributed by atoms with van der Waals surface area (Å²) in [4.78, 5) is 0. The Morgan fingerprint density at radius 3 is 2.76 bits per heavy atom. The number of nitrogens with one attached hydrogen (secondary N) is 2. The van der Waals surface area contributed by atoms with Crippen LogP contribution in [0, 0.1) is 23.0 Å². The minimum Gasteiger partial charge on any atom is -0.371 e. The Labute approximate surface area is 119 Å². The lowest BCUT2D eigenvalue weighted by Gasteiger charge is -2.07. The zero-order valence-corrected chi connectivity index (χ0v) is 11.0. The van der Waals surface area contributed by atoms with Crippen LogP contribution in [0.4, 0.5) is 14.6 Å². The third-order valence-corrected chi connectivity index (χ3v) is 3.30. The van der Waals surface area contributed by atoms with E-state index in [9.17, 15) is 8.78 Å². The molecule has 3 rings (SSSR count). The smallest absolute Gasteiger partial charge is 0.155 e. The highest BCUT2D eigenvalue weighted by molar-refractivity contribution is 5.93. The summed E-state index contributed by atoms with van der Waals surface area (Å²) in [5.74, 6) is -0.976. The number of hydrogen-bond donors (Lipinski definition) is 2. The van der Waals surface area contributed by atoms with E-state index in [4.69, 9.17) is 5.26 Å². The number of aromatic amines is 1. The molecule has 0 atom stereocenters. The molecule has 0 amide bonds. The van der Waals surface area contributed by atoms with E-state index in [1.807, 2.05) is 0 Å². The van der Waals surface area contributed by atoms with E-state index in [1.54, 1.807) is 31.3 Å². The van der Waals surface area contributed by atoms with Gasteiger partial charge >= 0.3 is 0 Å². The second-order valence-corrected chi connectivity index (χ2v) is 4.48. The molecule has 0 aliphatic carbocycles. The second kappa shape index (κ2) is 4.87. The number of nitrogens with zero attached hydrogens (tertiary/aromatic N) is 2. The van der Waals surface area contributed by atoms with Crippen molar-refractivity contribution in [1.29, 1.82) is 5.26 Å². The van der Waals surface area contributed by atoms with Crippen LogP contribution >= 0.6 is 0 Å². The average Bonchev–Trinajstić information content (AvgIpc) is 2.90. The summed E-state index contributed by atoms with van der Waals surface area (Å²) in [6, 6.07) is 8.85. The van der Waals surface area contributed by atoms with Crippen LogP contribution in [0.1, 0.15) is 5.56 Å². The van der Waals surface area contributed by atoms with Crippen molar-refractivity contribution in [3.8, 4) is 17.2 Å². The zero-order valence-electron chi connectivity index (χ0n) is 11.0. The lowest BCUT2D eigenvalue weighted by Crippen LogP contribution is -1.94. The predicted octanol–water partition coefficient (Wildman–Crippen LogP) is 3.42. The minimum absolute atomic E-state index is 0.187. The largest absolute Gasteiger partial charge is 0.371 e. The first-order valence-corrected chi connectivity index (χ1v) is 6.20. The van der Waals surface area contributed by atoms with Gasteiger partial charge in [-0.15, -0.1) is 0 Å². The molecule has 21 heavy (non-hydrogen) atoms. The highest BCUT2D eigenvalue weighted by Crippen LogP contribution is 2.31. The molecule has 2 N–H and O–H groups in total. The lowest BCUT2D eigenvalue weighted by molar-refractivity contribution is 0.587. The topological polar surface area (TPSA) is 64.5 Å². The van der Waals surface area contributed by atoms with Gasteiger partial charge in [-0.2, -0.15) is 10.4 Å². The summed E-state index contributed by atoms with van der Waals surface area (Å²) in [6.07, 6.45) is 0. The van der Waals surface area contributed by atoms with Gasteiger partial charge in [0.15, 0.2) is 11.6 Å². The van der Waals surface area contributed by atoms with Crippen molar-refractivity contribution < 1.29 is 8.78 Å². The minimum atomic E-state index is -0.855. The van der Waals surface area contributed by atoms with Crippen LogP contribution in [0.2, 0.25) is 0 Å². The Morgan fingerprint density at radius 1 is 1.24 bits per heavy atom. The number of fused-ring (bicyclic) bond motifs is 1. The highest BCUT2D eigenvalue weighted by Gasteiger charge is 2.16. The summed E-state index contributed by atoms with van der Waals surface area (Å²) >= 11 is 0. The number of benzene rings is 2. The Hall–Kier alpha value is -2.94. The van der Waals surface area contributed by atoms with Crippen molar-refractivity contribution in [3.63, 3.8) is 0 Å². The molecule has 4 nitrogen and oxygen atoms in total. The Kier molecular flexibility index (Phi) is 3.03. The van der Waals surface area contributed by atoms with Gasteiger partial charge in [0, 0.05) is 12.4 Å². The molecule has 0 fully saturated rings. The number of nitriles is 1. The molecule has 0 bridgehead atoms. The number of halogens is 2. The van der Waals surface area contributed by atoms with E-state index < -0.39 is 11.6 Å². The van der Waals surface area contributed by atoms with Gasteiger partial charge in [0.25, 0.3) is 0 Å². The first kappa shape index (κ1) is 13.1. The van der Waals surface area contributed by atoms with E-state index in [-0.39, 0.29) is 11.1 Å². The normalized spacial score (nSPS) is 10.6. The van der Waals surface area contributed by atoms with Gasteiger partial charge in [-0.1, -0.05) is 6.07 Å². The van der Waals surface area contributed by atoms with Gasteiger partial charge < -0.3 is 5.32 Å². The van der Waals surface area contributed by atoms with Crippen LogP contribution in [0.5, 0.6) is 0 Å². The molecule has 6 heteroatoms. The van der Waals surface area contributed by atoms with Crippen LogP contribution in [0.3, 0.4) is 0 Å². The predicted molar refractivity (Wildman–Crippen MR) is 75.7 cm³/mol. The van der Waals surface area contributed by atoms with E-state index in [2.05, 4.69) is 15.5 Å². The molecule has 0 saturated heterocycles. The van der Waals surface area contributed by atoms with E-state index in [1.165, 1.54) is 0 Å². The Balaban J connectivity index is 2.28. The molecule has 0 aliphatic rings. The van der Waals surface area contributed by atoms with Crippen molar-refractivity contribution >= 4 is 16.7 Å². The van der Waals surface area contributed by atoms with Gasteiger partial charge in [0.2, 0.25) is 0 Å². The van der Waals surface area contributed by atoms with Crippen LogP contribution in [-0.2, 0) is 0 Å². The number of anilines is 1. The van der Waals surface area contributed by atoms with Crippen LogP contribution in [0.15, 0.2) is 30.3 Å². The molecule has 1 heterocycles. The molecular formula is C15H10F2N4. The third kappa shape index (κ3) is 1.99. The second-order valence-electron chi connectivity index (χ2n) is 4.48. The summed E-state index contributed by atoms with van der Waals surface area (Å²) in [5, 5.41) is 19.3. The van der Waals surface area contributed by atoms with Gasteiger partial charge in [-0.05, 0) is 29.8 Å². The first-order valence-electron chi connectivity index (χ1n) is 6.20. The maximum absolute atomic E-state index is 14.2. The summed E-state index contributed by atoms with van der Waals surface area (Å²) in [6.45, 7) is 0.